The molecule has 4 heteroatoms. The van der Waals surface area contributed by atoms with Crippen LogP contribution in [0.25, 0.3) is 0 Å². The van der Waals surface area contributed by atoms with E-state index >= 15 is 0 Å². The molecule has 1 amide bonds. The summed E-state index contributed by atoms with van der Waals surface area (Å²) in [7, 11) is 0. The molecule has 1 saturated carbocycles. The van der Waals surface area contributed by atoms with Gasteiger partial charge in [-0.1, -0.05) is 50.6 Å². The lowest BCUT2D eigenvalue weighted by Gasteiger charge is -2.34. The molecule has 0 aliphatic heterocycles. The zero-order valence-corrected chi connectivity index (χ0v) is 13.3. The van der Waals surface area contributed by atoms with E-state index < -0.39 is 11.9 Å². The third-order valence-electron chi connectivity index (χ3n) is 4.56. The molecule has 1 aromatic rings. The van der Waals surface area contributed by atoms with Crippen LogP contribution in [0.3, 0.4) is 0 Å². The van der Waals surface area contributed by atoms with E-state index in [0.29, 0.717) is 0 Å². The molecule has 120 valence electrons. The van der Waals surface area contributed by atoms with Crippen molar-refractivity contribution in [1.82, 2.24) is 5.32 Å². The van der Waals surface area contributed by atoms with Crippen molar-refractivity contribution in [3.63, 3.8) is 0 Å². The maximum absolute atomic E-state index is 12.3. The van der Waals surface area contributed by atoms with Crippen LogP contribution in [0.2, 0.25) is 0 Å². The fourth-order valence-corrected chi connectivity index (χ4v) is 3.30. The van der Waals surface area contributed by atoms with Crippen molar-refractivity contribution in [2.24, 2.45) is 11.3 Å². The second-order valence-corrected chi connectivity index (χ2v) is 7.00. The lowest BCUT2D eigenvalue weighted by Crippen LogP contribution is -2.39. The van der Waals surface area contributed by atoms with Gasteiger partial charge in [0.25, 0.3) is 0 Å². The van der Waals surface area contributed by atoms with Crippen LogP contribution in [0.1, 0.15) is 51.0 Å². The van der Waals surface area contributed by atoms with Gasteiger partial charge in [-0.25, -0.2) is 0 Å². The van der Waals surface area contributed by atoms with Gasteiger partial charge in [-0.05, 0) is 30.2 Å². The molecule has 2 N–H and O–H groups in total. The molecular weight excluding hydrogens is 278 g/mol. The molecule has 0 bridgehead atoms. The van der Waals surface area contributed by atoms with Crippen molar-refractivity contribution >= 4 is 11.9 Å². The maximum Gasteiger partial charge on any atom is 0.312 e. The number of benzene rings is 1. The van der Waals surface area contributed by atoms with Gasteiger partial charge in [0.05, 0.1) is 5.92 Å². The number of carbonyl (C=O) groups excluding carboxylic acids is 1. The molecule has 1 aliphatic carbocycles. The van der Waals surface area contributed by atoms with Crippen LogP contribution in [-0.2, 0) is 9.59 Å². The summed E-state index contributed by atoms with van der Waals surface area (Å²) >= 11 is 0. The second-order valence-electron chi connectivity index (χ2n) is 7.00. The number of aliphatic carboxylic acids is 1. The number of carboxylic acid groups (broad SMARTS) is 1. The van der Waals surface area contributed by atoms with E-state index in [1.54, 1.807) is 12.1 Å². The highest BCUT2D eigenvalue weighted by atomic mass is 16.4. The molecule has 22 heavy (non-hydrogen) atoms. The average Bonchev–Trinajstić information content (AvgIpc) is 2.47. The second kappa shape index (κ2) is 6.95. The zero-order valence-electron chi connectivity index (χ0n) is 13.3. The minimum Gasteiger partial charge on any atom is -0.481 e. The minimum atomic E-state index is -0.907. The number of hydrogen-bond acceptors (Lipinski definition) is 2. The molecular formula is C18H25NO3. The Morgan fingerprint density at radius 2 is 2.00 bits per heavy atom. The fraction of sp³-hybridized carbons (Fsp3) is 0.556. The molecule has 0 heterocycles. The Morgan fingerprint density at radius 1 is 1.32 bits per heavy atom. The SMILES string of the molecule is CC1(C)CCCC(C(=O)NCC(C(=O)O)c2ccccc2)C1. The zero-order chi connectivity index (χ0) is 16.2. The van der Waals surface area contributed by atoms with Crippen LogP contribution >= 0.6 is 0 Å². The highest BCUT2D eigenvalue weighted by Crippen LogP contribution is 2.38. The number of hydrogen-bond donors (Lipinski definition) is 2. The highest BCUT2D eigenvalue weighted by molar-refractivity contribution is 5.81. The summed E-state index contributed by atoms with van der Waals surface area (Å²) in [5.74, 6) is -1.60. The molecule has 4 nitrogen and oxygen atoms in total. The van der Waals surface area contributed by atoms with Gasteiger partial charge in [-0.3, -0.25) is 9.59 Å². The summed E-state index contributed by atoms with van der Waals surface area (Å²) in [6.45, 7) is 4.53. The fourth-order valence-electron chi connectivity index (χ4n) is 3.30. The maximum atomic E-state index is 12.3. The molecule has 0 radical (unpaired) electrons. The van der Waals surface area contributed by atoms with Crippen LogP contribution in [0.4, 0.5) is 0 Å². The molecule has 1 fully saturated rings. The number of rotatable bonds is 5. The van der Waals surface area contributed by atoms with Crippen molar-refractivity contribution in [3.05, 3.63) is 35.9 Å². The molecule has 2 rings (SSSR count). The smallest absolute Gasteiger partial charge is 0.312 e. The third kappa shape index (κ3) is 4.33. The summed E-state index contributed by atoms with van der Waals surface area (Å²) in [4.78, 5) is 23.8. The van der Waals surface area contributed by atoms with Crippen LogP contribution in [0.15, 0.2) is 30.3 Å². The van der Waals surface area contributed by atoms with E-state index in [1.807, 2.05) is 18.2 Å². The van der Waals surface area contributed by atoms with Crippen molar-refractivity contribution in [2.75, 3.05) is 6.54 Å². The first-order valence-electron chi connectivity index (χ1n) is 7.94. The number of amides is 1. The summed E-state index contributed by atoms with van der Waals surface area (Å²) in [6, 6.07) is 9.06. The van der Waals surface area contributed by atoms with Gasteiger partial charge in [-0.2, -0.15) is 0 Å². The molecule has 1 aliphatic rings. The van der Waals surface area contributed by atoms with Gasteiger partial charge < -0.3 is 10.4 Å². The van der Waals surface area contributed by atoms with Gasteiger partial charge >= 0.3 is 5.97 Å². The Morgan fingerprint density at radius 3 is 2.59 bits per heavy atom. The van der Waals surface area contributed by atoms with Gasteiger partial charge in [-0.15, -0.1) is 0 Å². The molecule has 2 atom stereocenters. The van der Waals surface area contributed by atoms with E-state index in [-0.39, 0.29) is 23.8 Å². The number of nitrogens with one attached hydrogen (secondary N) is 1. The third-order valence-corrected chi connectivity index (χ3v) is 4.56. The predicted molar refractivity (Wildman–Crippen MR) is 85.6 cm³/mol. The molecule has 0 spiro atoms. The molecule has 2 unspecified atom stereocenters. The van der Waals surface area contributed by atoms with Crippen LogP contribution in [0, 0.1) is 11.3 Å². The molecule has 0 aromatic heterocycles. The Kier molecular flexibility index (Phi) is 5.22. The topological polar surface area (TPSA) is 66.4 Å². The van der Waals surface area contributed by atoms with Crippen LogP contribution in [-0.4, -0.2) is 23.5 Å². The normalized spacial score (nSPS) is 21.8. The Bertz CT molecular complexity index is 524. The van der Waals surface area contributed by atoms with Crippen LogP contribution < -0.4 is 5.32 Å². The first kappa shape index (κ1) is 16.5. The average molecular weight is 303 g/mol. The molecule has 0 saturated heterocycles. The van der Waals surface area contributed by atoms with Crippen molar-refractivity contribution in [1.29, 1.82) is 0 Å². The van der Waals surface area contributed by atoms with E-state index in [9.17, 15) is 14.7 Å². The lowest BCUT2D eigenvalue weighted by molar-refractivity contribution is -0.138. The highest BCUT2D eigenvalue weighted by Gasteiger charge is 2.32. The van der Waals surface area contributed by atoms with E-state index in [2.05, 4.69) is 19.2 Å². The van der Waals surface area contributed by atoms with Crippen molar-refractivity contribution < 1.29 is 14.7 Å². The number of carbonyl (C=O) groups is 2. The summed E-state index contributed by atoms with van der Waals surface area (Å²) in [5.41, 5.74) is 0.922. The lowest BCUT2D eigenvalue weighted by atomic mass is 9.72. The van der Waals surface area contributed by atoms with E-state index in [4.69, 9.17) is 0 Å². The monoisotopic (exact) mass is 303 g/mol. The standard InChI is InChI=1S/C18H25NO3/c1-18(2)10-6-9-14(11-18)16(20)19-12-15(17(21)22)13-7-4-3-5-8-13/h3-5,7-8,14-15H,6,9-12H2,1-2H3,(H,19,20)(H,21,22). The van der Waals surface area contributed by atoms with Crippen molar-refractivity contribution in [2.45, 2.75) is 45.4 Å². The Balaban J connectivity index is 1.95. The predicted octanol–water partition coefficient (Wildman–Crippen LogP) is 3.19. The van der Waals surface area contributed by atoms with E-state index in [0.717, 1.165) is 31.2 Å². The van der Waals surface area contributed by atoms with Crippen molar-refractivity contribution in [3.8, 4) is 0 Å². The quantitative estimate of drug-likeness (QED) is 0.878. The molecule has 1 aromatic carbocycles. The van der Waals surface area contributed by atoms with E-state index in [1.165, 1.54) is 0 Å². The van der Waals surface area contributed by atoms with Gasteiger partial charge in [0.1, 0.15) is 0 Å². The summed E-state index contributed by atoms with van der Waals surface area (Å²) < 4.78 is 0. The minimum absolute atomic E-state index is 0.00467. The van der Waals surface area contributed by atoms with Crippen LogP contribution in [0.5, 0.6) is 0 Å². The first-order chi connectivity index (χ1) is 10.4. The van der Waals surface area contributed by atoms with Gasteiger partial charge in [0, 0.05) is 12.5 Å². The Labute approximate surface area is 131 Å². The van der Waals surface area contributed by atoms with Gasteiger partial charge in [0.2, 0.25) is 5.91 Å². The number of carboxylic acids is 1. The summed E-state index contributed by atoms with van der Waals surface area (Å²) in [5, 5.41) is 12.2. The Hall–Kier alpha value is -1.84. The summed E-state index contributed by atoms with van der Waals surface area (Å²) in [6.07, 6.45) is 3.99. The van der Waals surface area contributed by atoms with Gasteiger partial charge in [0.15, 0.2) is 0 Å². The first-order valence-corrected chi connectivity index (χ1v) is 7.94. The largest absolute Gasteiger partial charge is 0.481 e.